The van der Waals surface area contributed by atoms with Crippen molar-refractivity contribution in [2.45, 2.75) is 24.3 Å². The molecule has 1 aliphatic heterocycles. The summed E-state index contributed by atoms with van der Waals surface area (Å²) < 4.78 is 29.7. The molecule has 0 spiro atoms. The molecule has 0 saturated heterocycles. The number of fused-ring (bicyclic) bond motifs is 1. The van der Waals surface area contributed by atoms with Gasteiger partial charge in [-0.05, 0) is 38.1 Å². The molecular weight excluding hydrogens is 304 g/mol. The fourth-order valence-electron chi connectivity index (χ4n) is 1.59. The van der Waals surface area contributed by atoms with Gasteiger partial charge in [-0.3, -0.25) is 0 Å². The maximum Gasteiger partial charge on any atom is 0.175 e. The fourth-order valence-corrected chi connectivity index (χ4v) is 2.55. The molecule has 1 heterocycles. The van der Waals surface area contributed by atoms with Crippen LogP contribution in [0.25, 0.3) is 6.08 Å². The Morgan fingerprint density at radius 3 is 2.53 bits per heavy atom. The van der Waals surface area contributed by atoms with Crippen molar-refractivity contribution in [3.63, 3.8) is 0 Å². The number of sulfone groups is 1. The van der Waals surface area contributed by atoms with Crippen LogP contribution in [0.2, 0.25) is 0 Å². The van der Waals surface area contributed by atoms with E-state index >= 15 is 0 Å². The van der Waals surface area contributed by atoms with Crippen molar-refractivity contribution in [2.75, 3.05) is 6.26 Å². The highest BCUT2D eigenvalue weighted by atomic mass is 79.9. The Labute approximate surface area is 110 Å². The van der Waals surface area contributed by atoms with Crippen LogP contribution in [0.1, 0.15) is 19.4 Å². The zero-order valence-electron chi connectivity index (χ0n) is 9.82. The first-order valence-electron chi connectivity index (χ1n) is 5.11. The second-order valence-corrected chi connectivity index (χ2v) is 7.45. The van der Waals surface area contributed by atoms with E-state index in [1.165, 1.54) is 6.26 Å². The third-order valence-electron chi connectivity index (χ3n) is 2.64. The Balaban J connectivity index is 2.57. The van der Waals surface area contributed by atoms with Gasteiger partial charge in [-0.2, -0.15) is 0 Å². The topological polar surface area (TPSA) is 43.4 Å². The summed E-state index contributed by atoms with van der Waals surface area (Å²) in [5, 5.41) is 0. The highest BCUT2D eigenvalue weighted by Crippen LogP contribution is 2.39. The van der Waals surface area contributed by atoms with Crippen molar-refractivity contribution < 1.29 is 13.2 Å². The Bertz CT molecular complexity index is 600. The molecule has 2 rings (SSSR count). The van der Waals surface area contributed by atoms with E-state index in [9.17, 15) is 8.42 Å². The van der Waals surface area contributed by atoms with E-state index < -0.39 is 15.4 Å². The molecule has 17 heavy (non-hydrogen) atoms. The van der Waals surface area contributed by atoms with E-state index in [-0.39, 0.29) is 4.90 Å². The van der Waals surface area contributed by atoms with Gasteiger partial charge in [0.05, 0.1) is 4.90 Å². The van der Waals surface area contributed by atoms with Crippen molar-refractivity contribution >= 4 is 31.8 Å². The van der Waals surface area contributed by atoms with Crippen molar-refractivity contribution in [2.24, 2.45) is 0 Å². The van der Waals surface area contributed by atoms with Crippen molar-refractivity contribution in [3.8, 4) is 5.75 Å². The summed E-state index contributed by atoms with van der Waals surface area (Å²) in [6, 6.07) is 4.91. The van der Waals surface area contributed by atoms with Gasteiger partial charge >= 0.3 is 0 Å². The minimum Gasteiger partial charge on any atom is -0.482 e. The lowest BCUT2D eigenvalue weighted by atomic mass is 10.0. The lowest BCUT2D eigenvalue weighted by molar-refractivity contribution is 0.155. The molecule has 3 nitrogen and oxygen atoms in total. The van der Waals surface area contributed by atoms with Crippen LogP contribution in [0.15, 0.2) is 27.6 Å². The summed E-state index contributed by atoms with van der Waals surface area (Å²) in [4.78, 5) is 0.276. The summed E-state index contributed by atoms with van der Waals surface area (Å²) in [6.07, 6.45) is 3.14. The normalized spacial score (nSPS) is 18.0. The van der Waals surface area contributed by atoms with Crippen molar-refractivity contribution in [1.29, 1.82) is 0 Å². The van der Waals surface area contributed by atoms with Crippen LogP contribution < -0.4 is 4.74 Å². The van der Waals surface area contributed by atoms with E-state index in [1.54, 1.807) is 18.2 Å². The number of rotatable bonds is 1. The minimum atomic E-state index is -3.20. The lowest BCUT2D eigenvalue weighted by Crippen LogP contribution is -2.30. The molecule has 1 aromatic carbocycles. The molecule has 1 aliphatic rings. The van der Waals surface area contributed by atoms with Gasteiger partial charge in [-0.1, -0.05) is 15.9 Å². The molecule has 0 radical (unpaired) electrons. The third kappa shape index (κ3) is 2.40. The zero-order valence-corrected chi connectivity index (χ0v) is 12.2. The molecule has 0 atom stereocenters. The van der Waals surface area contributed by atoms with Crippen LogP contribution in [-0.4, -0.2) is 20.3 Å². The van der Waals surface area contributed by atoms with Crippen LogP contribution in [-0.2, 0) is 9.84 Å². The smallest absolute Gasteiger partial charge is 0.175 e. The fraction of sp³-hybridized carbons (Fsp3) is 0.333. The number of hydrogen-bond acceptors (Lipinski definition) is 3. The predicted molar refractivity (Wildman–Crippen MR) is 71.2 cm³/mol. The second-order valence-electron chi connectivity index (χ2n) is 4.58. The number of hydrogen-bond donors (Lipinski definition) is 0. The second kappa shape index (κ2) is 3.85. The maximum absolute atomic E-state index is 11.5. The largest absolute Gasteiger partial charge is 0.482 e. The van der Waals surface area contributed by atoms with E-state index in [0.717, 1.165) is 10.0 Å². The average Bonchev–Trinajstić information content (AvgIpc) is 2.17. The van der Waals surface area contributed by atoms with Gasteiger partial charge in [0.25, 0.3) is 0 Å². The molecule has 0 saturated carbocycles. The first kappa shape index (κ1) is 12.6. The summed E-state index contributed by atoms with van der Waals surface area (Å²) in [7, 11) is -3.20. The van der Waals surface area contributed by atoms with Gasteiger partial charge in [-0.15, -0.1) is 0 Å². The summed E-state index contributed by atoms with van der Waals surface area (Å²) in [5.74, 6) is 0.598. The summed E-state index contributed by atoms with van der Waals surface area (Å²) in [5.41, 5.74) is 0.409. The number of benzene rings is 1. The standard InChI is InChI=1S/C12H13BrO3S/c1-12(2)11(13)6-8-4-5-9(17(3,14)15)7-10(8)16-12/h4-7H,1-3H3. The van der Waals surface area contributed by atoms with Gasteiger partial charge in [0.1, 0.15) is 11.4 Å². The predicted octanol–water partition coefficient (Wildman–Crippen LogP) is 3.00. The molecule has 0 aliphatic carbocycles. The third-order valence-corrected chi connectivity index (χ3v) is 4.93. The van der Waals surface area contributed by atoms with E-state index in [0.29, 0.717) is 5.75 Å². The van der Waals surface area contributed by atoms with E-state index in [2.05, 4.69) is 15.9 Å². The zero-order chi connectivity index (χ0) is 12.8. The Morgan fingerprint density at radius 1 is 1.29 bits per heavy atom. The van der Waals surface area contributed by atoms with Crippen LogP contribution in [0.3, 0.4) is 0 Å². The monoisotopic (exact) mass is 316 g/mol. The first-order chi connectivity index (χ1) is 7.70. The van der Waals surface area contributed by atoms with E-state index in [1.807, 2.05) is 19.9 Å². The molecule has 5 heteroatoms. The summed E-state index contributed by atoms with van der Waals surface area (Å²) >= 11 is 3.46. The molecule has 0 unspecified atom stereocenters. The molecule has 0 fully saturated rings. The molecule has 1 aromatic rings. The number of halogens is 1. The molecule has 92 valence electrons. The molecule has 0 bridgehead atoms. The van der Waals surface area contributed by atoms with Crippen LogP contribution in [0, 0.1) is 0 Å². The van der Waals surface area contributed by atoms with Crippen molar-refractivity contribution in [3.05, 3.63) is 28.2 Å². The van der Waals surface area contributed by atoms with Crippen LogP contribution in [0.5, 0.6) is 5.75 Å². The van der Waals surface area contributed by atoms with Gasteiger partial charge in [0, 0.05) is 16.3 Å². The van der Waals surface area contributed by atoms with Gasteiger partial charge in [0.2, 0.25) is 0 Å². The highest BCUT2D eigenvalue weighted by molar-refractivity contribution is 9.11. The van der Waals surface area contributed by atoms with Gasteiger partial charge in [-0.25, -0.2) is 8.42 Å². The molecule has 0 N–H and O–H groups in total. The van der Waals surface area contributed by atoms with E-state index in [4.69, 9.17) is 4.74 Å². The Hall–Kier alpha value is -0.810. The Kier molecular flexibility index (Phi) is 2.86. The van der Waals surface area contributed by atoms with Crippen LogP contribution in [0.4, 0.5) is 0 Å². The highest BCUT2D eigenvalue weighted by Gasteiger charge is 2.29. The van der Waals surface area contributed by atoms with Gasteiger partial charge in [0.15, 0.2) is 9.84 Å². The molecule has 0 amide bonds. The minimum absolute atomic E-state index is 0.276. The Morgan fingerprint density at radius 2 is 1.94 bits per heavy atom. The summed E-state index contributed by atoms with van der Waals surface area (Å²) in [6.45, 7) is 3.84. The SMILES string of the molecule is CC1(C)Oc2cc(S(C)(=O)=O)ccc2C=C1Br. The molecular formula is C12H13BrO3S. The van der Waals surface area contributed by atoms with Gasteiger partial charge < -0.3 is 4.74 Å². The van der Waals surface area contributed by atoms with Crippen molar-refractivity contribution in [1.82, 2.24) is 0 Å². The maximum atomic E-state index is 11.5. The quantitative estimate of drug-likeness (QED) is 0.800. The molecule has 0 aromatic heterocycles. The number of ether oxygens (including phenoxy) is 1. The van der Waals surface area contributed by atoms with Crippen LogP contribution >= 0.6 is 15.9 Å². The average molecular weight is 317 g/mol. The first-order valence-corrected chi connectivity index (χ1v) is 7.79. The lowest BCUT2D eigenvalue weighted by Gasteiger charge is -2.31.